The molecule has 2 aromatic carbocycles. The number of hydrogen-bond donors (Lipinski definition) is 0. The Kier molecular flexibility index (Phi) is 5.65. The lowest BCUT2D eigenvalue weighted by molar-refractivity contribution is 0.866. The van der Waals surface area contributed by atoms with Gasteiger partial charge in [-0.05, 0) is 34.1 Å². The molecule has 0 unspecified atom stereocenters. The molecule has 114 valence electrons. The highest BCUT2D eigenvalue weighted by atomic mass is 15.2. The fourth-order valence-electron chi connectivity index (χ4n) is 2.13. The number of hydrogen-bond acceptors (Lipinski definition) is 2. The van der Waals surface area contributed by atoms with Crippen molar-refractivity contribution in [3.8, 4) is 0 Å². The highest BCUT2D eigenvalue weighted by molar-refractivity contribution is 5.82. The van der Waals surface area contributed by atoms with Crippen LogP contribution >= 0.6 is 0 Å². The first kappa shape index (κ1) is 16.2. The highest BCUT2D eigenvalue weighted by Gasteiger charge is 1.98. The van der Waals surface area contributed by atoms with Crippen LogP contribution in [0.3, 0.4) is 0 Å². The van der Waals surface area contributed by atoms with Crippen molar-refractivity contribution in [2.24, 2.45) is 10.2 Å². The average Bonchev–Trinajstić information content (AvgIpc) is 2.52. The number of nitrogens with zero attached hydrogens (tertiary/aromatic N) is 2. The summed E-state index contributed by atoms with van der Waals surface area (Å²) in [4.78, 5) is 0. The first-order valence-electron chi connectivity index (χ1n) is 7.82. The summed E-state index contributed by atoms with van der Waals surface area (Å²) < 4.78 is 0. The second-order valence-electron chi connectivity index (χ2n) is 6.13. The zero-order valence-electron chi connectivity index (χ0n) is 13.8. The summed E-state index contributed by atoms with van der Waals surface area (Å²) in [5.41, 5.74) is 4.81. The predicted molar refractivity (Wildman–Crippen MR) is 96.3 cm³/mol. The minimum Gasteiger partial charge on any atom is -0.159 e. The Morgan fingerprint density at radius 3 is 1.18 bits per heavy atom. The average molecular weight is 292 g/mol. The summed E-state index contributed by atoms with van der Waals surface area (Å²) in [6.07, 6.45) is 3.56. The van der Waals surface area contributed by atoms with E-state index in [1.165, 1.54) is 11.1 Å². The summed E-state index contributed by atoms with van der Waals surface area (Å²) in [7, 11) is 0. The van der Waals surface area contributed by atoms with Gasteiger partial charge in [0.25, 0.3) is 0 Å². The zero-order chi connectivity index (χ0) is 15.9. The van der Waals surface area contributed by atoms with Crippen molar-refractivity contribution in [2.75, 3.05) is 0 Å². The van der Waals surface area contributed by atoms with Crippen LogP contribution in [0.25, 0.3) is 0 Å². The second-order valence-corrected chi connectivity index (χ2v) is 6.13. The summed E-state index contributed by atoms with van der Waals surface area (Å²) in [5, 5.41) is 8.23. The quantitative estimate of drug-likeness (QED) is 0.521. The molecule has 2 heteroatoms. The predicted octanol–water partition coefficient (Wildman–Crippen LogP) is 5.39. The van der Waals surface area contributed by atoms with Crippen molar-refractivity contribution in [1.29, 1.82) is 0 Å². The van der Waals surface area contributed by atoms with Gasteiger partial charge in [-0.25, -0.2) is 0 Å². The van der Waals surface area contributed by atoms with E-state index in [0.29, 0.717) is 11.8 Å². The van der Waals surface area contributed by atoms with E-state index < -0.39 is 0 Å². The van der Waals surface area contributed by atoms with Crippen molar-refractivity contribution in [1.82, 2.24) is 0 Å². The molecule has 0 aromatic heterocycles. The molecule has 2 aromatic rings. The van der Waals surface area contributed by atoms with Crippen molar-refractivity contribution in [3.63, 3.8) is 0 Å². The van der Waals surface area contributed by atoms with E-state index in [-0.39, 0.29) is 0 Å². The molecule has 0 fully saturated rings. The summed E-state index contributed by atoms with van der Waals surface area (Å²) in [5.74, 6) is 1.11. The van der Waals surface area contributed by atoms with Crippen molar-refractivity contribution in [2.45, 2.75) is 39.5 Å². The summed E-state index contributed by atoms with van der Waals surface area (Å²) in [6, 6.07) is 16.9. The van der Waals surface area contributed by atoms with Crippen molar-refractivity contribution >= 4 is 12.4 Å². The minimum absolute atomic E-state index is 0.554. The molecular weight excluding hydrogens is 268 g/mol. The highest BCUT2D eigenvalue weighted by Crippen LogP contribution is 2.14. The molecule has 0 aliphatic carbocycles. The standard InChI is InChI=1S/C20H24N2/c1-15(2)19-9-5-17(6-10-19)13-21-22-14-18-7-11-20(12-8-18)16(3)4/h5-16H,1-4H3/b21-13+,22-14+. The largest absolute Gasteiger partial charge is 0.159 e. The fourth-order valence-corrected chi connectivity index (χ4v) is 2.13. The molecule has 0 heterocycles. The van der Waals surface area contributed by atoms with Gasteiger partial charge in [0.05, 0.1) is 12.4 Å². The fraction of sp³-hybridized carbons (Fsp3) is 0.300. The lowest BCUT2D eigenvalue weighted by atomic mass is 10.0. The third-order valence-electron chi connectivity index (χ3n) is 3.69. The van der Waals surface area contributed by atoms with Gasteiger partial charge in [-0.3, -0.25) is 0 Å². The third kappa shape index (κ3) is 4.66. The van der Waals surface area contributed by atoms with E-state index in [9.17, 15) is 0 Å². The van der Waals surface area contributed by atoms with E-state index in [2.05, 4.69) is 86.4 Å². The topological polar surface area (TPSA) is 24.7 Å². The SMILES string of the molecule is CC(C)c1ccc(/C=N/N=C/c2ccc(C(C)C)cc2)cc1. The molecule has 0 bridgehead atoms. The first-order valence-corrected chi connectivity index (χ1v) is 7.82. The van der Waals surface area contributed by atoms with Crippen molar-refractivity contribution in [3.05, 3.63) is 70.8 Å². The van der Waals surface area contributed by atoms with Crippen molar-refractivity contribution < 1.29 is 0 Å². The molecule has 22 heavy (non-hydrogen) atoms. The Bertz CT molecular complexity index is 573. The summed E-state index contributed by atoms with van der Waals surface area (Å²) >= 11 is 0. The van der Waals surface area contributed by atoms with Crippen LogP contribution < -0.4 is 0 Å². The Balaban J connectivity index is 1.96. The molecule has 0 saturated carbocycles. The monoisotopic (exact) mass is 292 g/mol. The molecule has 2 nitrogen and oxygen atoms in total. The maximum Gasteiger partial charge on any atom is 0.0568 e. The molecular formula is C20H24N2. The van der Waals surface area contributed by atoms with Gasteiger partial charge in [0.1, 0.15) is 0 Å². The molecule has 2 rings (SSSR count). The molecule has 0 aliphatic rings. The lowest BCUT2D eigenvalue weighted by Crippen LogP contribution is -1.88. The minimum atomic E-state index is 0.554. The van der Waals surface area contributed by atoms with Crippen LogP contribution in [0.4, 0.5) is 0 Å². The van der Waals surface area contributed by atoms with E-state index in [0.717, 1.165) is 11.1 Å². The number of rotatable bonds is 5. The van der Waals surface area contributed by atoms with Gasteiger partial charge in [-0.1, -0.05) is 76.2 Å². The van der Waals surface area contributed by atoms with E-state index in [1.807, 2.05) is 0 Å². The van der Waals surface area contributed by atoms with Crippen LogP contribution in [0.2, 0.25) is 0 Å². The van der Waals surface area contributed by atoms with Crippen LogP contribution in [-0.2, 0) is 0 Å². The Morgan fingerprint density at radius 1 is 0.591 bits per heavy atom. The Morgan fingerprint density at radius 2 is 0.909 bits per heavy atom. The smallest absolute Gasteiger partial charge is 0.0568 e. The van der Waals surface area contributed by atoms with E-state index >= 15 is 0 Å². The van der Waals surface area contributed by atoms with E-state index in [4.69, 9.17) is 0 Å². The van der Waals surface area contributed by atoms with Crippen LogP contribution in [0, 0.1) is 0 Å². The zero-order valence-corrected chi connectivity index (χ0v) is 13.8. The van der Waals surface area contributed by atoms with Crippen LogP contribution in [0.15, 0.2) is 58.7 Å². The molecule has 0 N–H and O–H groups in total. The molecule has 0 saturated heterocycles. The van der Waals surface area contributed by atoms with Gasteiger partial charge in [0, 0.05) is 0 Å². The maximum absolute atomic E-state index is 4.11. The molecule has 0 atom stereocenters. The molecule has 0 aliphatic heterocycles. The van der Waals surface area contributed by atoms with Gasteiger partial charge < -0.3 is 0 Å². The summed E-state index contributed by atoms with van der Waals surface area (Å²) in [6.45, 7) is 8.77. The Hall–Kier alpha value is -2.22. The normalized spacial score (nSPS) is 12.1. The van der Waals surface area contributed by atoms with Crippen LogP contribution in [0.1, 0.15) is 61.8 Å². The third-order valence-corrected chi connectivity index (χ3v) is 3.69. The van der Waals surface area contributed by atoms with Crippen LogP contribution in [0.5, 0.6) is 0 Å². The van der Waals surface area contributed by atoms with Crippen LogP contribution in [-0.4, -0.2) is 12.4 Å². The second kappa shape index (κ2) is 7.69. The lowest BCUT2D eigenvalue weighted by Gasteiger charge is -2.04. The molecule has 0 radical (unpaired) electrons. The van der Waals surface area contributed by atoms with Gasteiger partial charge in [0.15, 0.2) is 0 Å². The number of benzene rings is 2. The Labute approximate surface area is 133 Å². The van der Waals surface area contributed by atoms with Gasteiger partial charge >= 0.3 is 0 Å². The van der Waals surface area contributed by atoms with Gasteiger partial charge in [-0.15, -0.1) is 0 Å². The van der Waals surface area contributed by atoms with Gasteiger partial charge in [-0.2, -0.15) is 10.2 Å². The first-order chi connectivity index (χ1) is 10.6. The van der Waals surface area contributed by atoms with Gasteiger partial charge in [0.2, 0.25) is 0 Å². The molecule has 0 spiro atoms. The van der Waals surface area contributed by atoms with E-state index in [1.54, 1.807) is 12.4 Å². The molecule has 0 amide bonds. The maximum atomic E-state index is 4.11.